The van der Waals surface area contributed by atoms with Crippen molar-refractivity contribution in [2.24, 2.45) is 0 Å². The van der Waals surface area contributed by atoms with Gasteiger partial charge in [-0.25, -0.2) is 4.98 Å². The number of carbonyl (C=O) groups is 1. The molecular formula is C17H18N4O2S. The van der Waals surface area contributed by atoms with E-state index < -0.39 is 0 Å². The minimum atomic E-state index is -0.0554. The van der Waals surface area contributed by atoms with Crippen LogP contribution in [0.2, 0.25) is 0 Å². The van der Waals surface area contributed by atoms with Gasteiger partial charge in [-0.3, -0.25) is 9.78 Å². The number of pyridine rings is 1. The third-order valence-corrected chi connectivity index (χ3v) is 4.97. The number of aromatic nitrogens is 3. The lowest BCUT2D eigenvalue weighted by Gasteiger charge is -2.04. The average molecular weight is 342 g/mol. The molecule has 3 aromatic rings. The maximum atomic E-state index is 12.2. The van der Waals surface area contributed by atoms with Gasteiger partial charge in [0, 0.05) is 28.4 Å². The number of rotatable bonds is 5. The SMILES string of the molecule is Cc1nc(-c2cccnc2)sc1CNC(=O)Cc1c(C)noc1C. The number of aryl methyl sites for hydroxylation is 3. The maximum Gasteiger partial charge on any atom is 0.224 e. The molecule has 0 aliphatic rings. The first-order chi connectivity index (χ1) is 11.5. The van der Waals surface area contributed by atoms with Crippen molar-refractivity contribution in [3.05, 3.63) is 52.1 Å². The Bertz CT molecular complexity index is 835. The normalized spacial score (nSPS) is 10.8. The highest BCUT2D eigenvalue weighted by Crippen LogP contribution is 2.27. The van der Waals surface area contributed by atoms with E-state index in [1.54, 1.807) is 23.7 Å². The largest absolute Gasteiger partial charge is 0.361 e. The zero-order valence-corrected chi connectivity index (χ0v) is 14.6. The minimum absolute atomic E-state index is 0.0554. The molecule has 0 atom stereocenters. The van der Waals surface area contributed by atoms with Crippen molar-refractivity contribution in [3.63, 3.8) is 0 Å². The fourth-order valence-corrected chi connectivity index (χ4v) is 3.35. The average Bonchev–Trinajstić information content (AvgIpc) is 3.11. The van der Waals surface area contributed by atoms with E-state index in [1.165, 1.54) is 0 Å². The lowest BCUT2D eigenvalue weighted by molar-refractivity contribution is -0.120. The fraction of sp³-hybridized carbons (Fsp3) is 0.294. The second-order valence-electron chi connectivity index (χ2n) is 5.53. The molecule has 1 amide bonds. The summed E-state index contributed by atoms with van der Waals surface area (Å²) in [6.45, 7) is 6.07. The smallest absolute Gasteiger partial charge is 0.224 e. The highest BCUT2D eigenvalue weighted by Gasteiger charge is 2.15. The van der Waals surface area contributed by atoms with Crippen LogP contribution in [-0.4, -0.2) is 21.0 Å². The Balaban J connectivity index is 1.65. The van der Waals surface area contributed by atoms with Crippen LogP contribution < -0.4 is 5.32 Å². The predicted octanol–water partition coefficient (Wildman–Crippen LogP) is 2.98. The molecule has 24 heavy (non-hydrogen) atoms. The summed E-state index contributed by atoms with van der Waals surface area (Å²) in [5.74, 6) is 0.635. The van der Waals surface area contributed by atoms with Crippen LogP contribution in [-0.2, 0) is 17.8 Å². The molecule has 0 bridgehead atoms. The minimum Gasteiger partial charge on any atom is -0.361 e. The molecule has 6 nitrogen and oxygen atoms in total. The zero-order chi connectivity index (χ0) is 17.1. The summed E-state index contributed by atoms with van der Waals surface area (Å²) in [5, 5.41) is 7.73. The van der Waals surface area contributed by atoms with Crippen molar-refractivity contribution >= 4 is 17.2 Å². The van der Waals surface area contributed by atoms with Gasteiger partial charge in [-0.2, -0.15) is 0 Å². The fourth-order valence-electron chi connectivity index (χ4n) is 2.36. The molecule has 0 saturated heterocycles. The van der Waals surface area contributed by atoms with Gasteiger partial charge in [-0.1, -0.05) is 5.16 Å². The molecule has 124 valence electrons. The van der Waals surface area contributed by atoms with E-state index in [0.29, 0.717) is 12.3 Å². The van der Waals surface area contributed by atoms with Crippen molar-refractivity contribution in [1.29, 1.82) is 0 Å². The van der Waals surface area contributed by atoms with Crippen LogP contribution in [0.25, 0.3) is 10.6 Å². The summed E-state index contributed by atoms with van der Waals surface area (Å²) >= 11 is 1.57. The van der Waals surface area contributed by atoms with Gasteiger partial charge in [0.1, 0.15) is 10.8 Å². The van der Waals surface area contributed by atoms with Gasteiger partial charge >= 0.3 is 0 Å². The van der Waals surface area contributed by atoms with Gasteiger partial charge in [-0.15, -0.1) is 11.3 Å². The summed E-state index contributed by atoms with van der Waals surface area (Å²) in [5.41, 5.74) is 3.52. The van der Waals surface area contributed by atoms with Gasteiger partial charge in [-0.05, 0) is 32.9 Å². The Morgan fingerprint density at radius 3 is 2.79 bits per heavy atom. The van der Waals surface area contributed by atoms with E-state index in [0.717, 1.165) is 32.4 Å². The second-order valence-corrected chi connectivity index (χ2v) is 6.61. The number of hydrogen-bond acceptors (Lipinski definition) is 6. The van der Waals surface area contributed by atoms with Gasteiger partial charge in [0.25, 0.3) is 0 Å². The first kappa shape index (κ1) is 16.3. The number of carbonyl (C=O) groups excluding carboxylic acids is 1. The third-order valence-electron chi connectivity index (χ3n) is 3.77. The molecular weight excluding hydrogens is 324 g/mol. The van der Waals surface area contributed by atoms with Gasteiger partial charge < -0.3 is 9.84 Å². The van der Waals surface area contributed by atoms with Gasteiger partial charge in [0.05, 0.1) is 24.4 Å². The van der Waals surface area contributed by atoms with E-state index >= 15 is 0 Å². The van der Waals surface area contributed by atoms with Crippen LogP contribution in [0, 0.1) is 20.8 Å². The highest BCUT2D eigenvalue weighted by atomic mass is 32.1. The second kappa shape index (κ2) is 6.92. The Morgan fingerprint density at radius 2 is 2.12 bits per heavy atom. The molecule has 0 saturated carbocycles. The number of amides is 1. The molecule has 3 aromatic heterocycles. The summed E-state index contributed by atoms with van der Waals surface area (Å²) < 4.78 is 5.09. The molecule has 0 spiro atoms. The van der Waals surface area contributed by atoms with Crippen LogP contribution in [0.5, 0.6) is 0 Å². The molecule has 7 heteroatoms. The van der Waals surface area contributed by atoms with Crippen LogP contribution in [0.3, 0.4) is 0 Å². The molecule has 0 unspecified atom stereocenters. The van der Waals surface area contributed by atoms with Crippen molar-refractivity contribution in [2.75, 3.05) is 0 Å². The Hall–Kier alpha value is -2.54. The molecule has 3 rings (SSSR count). The first-order valence-electron chi connectivity index (χ1n) is 7.59. The van der Waals surface area contributed by atoms with Gasteiger partial charge in [0.2, 0.25) is 5.91 Å². The monoisotopic (exact) mass is 342 g/mol. The molecule has 0 aliphatic heterocycles. The van der Waals surface area contributed by atoms with E-state index in [-0.39, 0.29) is 12.3 Å². The van der Waals surface area contributed by atoms with E-state index in [4.69, 9.17) is 4.52 Å². The van der Waals surface area contributed by atoms with Crippen molar-refractivity contribution < 1.29 is 9.32 Å². The molecule has 0 fully saturated rings. The van der Waals surface area contributed by atoms with Crippen LogP contribution in [0.1, 0.15) is 27.6 Å². The van der Waals surface area contributed by atoms with Crippen molar-refractivity contribution in [3.8, 4) is 10.6 Å². The molecule has 3 heterocycles. The van der Waals surface area contributed by atoms with Crippen molar-refractivity contribution in [1.82, 2.24) is 20.4 Å². The quantitative estimate of drug-likeness (QED) is 0.771. The highest BCUT2D eigenvalue weighted by molar-refractivity contribution is 7.15. The lowest BCUT2D eigenvalue weighted by Crippen LogP contribution is -2.24. The standard InChI is InChI=1S/C17H18N4O2S/c1-10-14(12(3)23-21-10)7-16(22)19-9-15-11(2)20-17(24-15)13-5-4-6-18-8-13/h4-6,8H,7,9H2,1-3H3,(H,19,22). The lowest BCUT2D eigenvalue weighted by atomic mass is 10.1. The number of nitrogens with one attached hydrogen (secondary N) is 1. The van der Waals surface area contributed by atoms with E-state index in [9.17, 15) is 4.79 Å². The summed E-state index contributed by atoms with van der Waals surface area (Å²) in [6.07, 6.45) is 3.80. The maximum absolute atomic E-state index is 12.2. The Kier molecular flexibility index (Phi) is 4.71. The molecule has 1 N–H and O–H groups in total. The van der Waals surface area contributed by atoms with Gasteiger partial charge in [0.15, 0.2) is 0 Å². The van der Waals surface area contributed by atoms with Crippen molar-refractivity contribution in [2.45, 2.75) is 33.7 Å². The summed E-state index contributed by atoms with van der Waals surface area (Å²) in [7, 11) is 0. The summed E-state index contributed by atoms with van der Waals surface area (Å²) in [4.78, 5) is 21.9. The molecule has 0 aliphatic carbocycles. The summed E-state index contributed by atoms with van der Waals surface area (Å²) in [6, 6.07) is 3.86. The zero-order valence-electron chi connectivity index (χ0n) is 13.8. The van der Waals surface area contributed by atoms with E-state index in [2.05, 4.69) is 20.4 Å². The van der Waals surface area contributed by atoms with Crippen LogP contribution >= 0.6 is 11.3 Å². The topological polar surface area (TPSA) is 80.9 Å². The number of nitrogens with zero attached hydrogens (tertiary/aromatic N) is 3. The molecule has 0 radical (unpaired) electrons. The number of thiazole rings is 1. The Labute approximate surface area is 143 Å². The third kappa shape index (κ3) is 3.51. The molecule has 0 aromatic carbocycles. The van der Waals surface area contributed by atoms with Crippen LogP contribution in [0.4, 0.5) is 0 Å². The number of hydrogen-bond donors (Lipinski definition) is 1. The first-order valence-corrected chi connectivity index (χ1v) is 8.41. The van der Waals surface area contributed by atoms with Crippen LogP contribution in [0.15, 0.2) is 29.0 Å². The van der Waals surface area contributed by atoms with E-state index in [1.807, 2.05) is 32.9 Å². The predicted molar refractivity (Wildman–Crippen MR) is 91.6 cm³/mol. The Morgan fingerprint density at radius 1 is 1.29 bits per heavy atom.